The molecule has 0 aliphatic rings. The Morgan fingerprint density at radius 1 is 1.00 bits per heavy atom. The van der Waals surface area contributed by atoms with Gasteiger partial charge in [0.25, 0.3) is 0 Å². The number of hydrogen-bond donors (Lipinski definition) is 2. The summed E-state index contributed by atoms with van der Waals surface area (Å²) in [6.45, 7) is 2.27. The maximum Gasteiger partial charge on any atom is 2.00 e. The maximum absolute atomic E-state index is 9.34. The van der Waals surface area contributed by atoms with Crippen LogP contribution in [0.5, 0.6) is 0 Å². The summed E-state index contributed by atoms with van der Waals surface area (Å²) in [4.78, 5) is 18.7. The van der Waals surface area contributed by atoms with Crippen molar-refractivity contribution in [3.8, 4) is 0 Å². The van der Waals surface area contributed by atoms with E-state index in [1.165, 1.54) is 0 Å². The minimum Gasteiger partial charge on any atom is -0.547 e. The summed E-state index contributed by atoms with van der Waals surface area (Å²) in [5.41, 5.74) is 0. The van der Waals surface area contributed by atoms with Crippen molar-refractivity contribution in [1.82, 2.24) is 0 Å². The second kappa shape index (κ2) is 9.57. The second-order valence-electron chi connectivity index (χ2n) is 1.99. The van der Waals surface area contributed by atoms with E-state index in [9.17, 15) is 19.8 Å². The fourth-order valence-electron chi connectivity index (χ4n) is 0. The van der Waals surface area contributed by atoms with Gasteiger partial charge in [-0.15, -0.1) is 0 Å². The monoisotopic (exact) mass is 242 g/mol. The molecule has 0 saturated carbocycles. The van der Waals surface area contributed by atoms with Crippen LogP contribution in [-0.4, -0.2) is 34.4 Å². The van der Waals surface area contributed by atoms with Gasteiger partial charge in [0.15, 0.2) is 0 Å². The molecule has 2 N–H and O–H groups in total. The zero-order chi connectivity index (χ0) is 10.3. The minimum atomic E-state index is -1.44. The predicted molar refractivity (Wildman–Crippen MR) is 33.4 cm³/mol. The Kier molecular flexibility index (Phi) is 13.5. The first-order chi connectivity index (χ1) is 5.29. The number of carboxylic acids is 2. The second-order valence-corrected chi connectivity index (χ2v) is 1.99. The molecule has 0 aromatic heterocycles. The van der Waals surface area contributed by atoms with Crippen molar-refractivity contribution in [2.24, 2.45) is 0 Å². The van der Waals surface area contributed by atoms with Gasteiger partial charge in [-0.25, -0.2) is 0 Å². The topological polar surface area (TPSA) is 121 Å². The summed E-state index contributed by atoms with van der Waals surface area (Å²) in [7, 11) is 0. The van der Waals surface area contributed by atoms with Crippen LogP contribution in [0.15, 0.2) is 0 Å². The van der Waals surface area contributed by atoms with Crippen molar-refractivity contribution in [3.63, 3.8) is 0 Å². The third kappa shape index (κ3) is 18.4. The molecule has 0 bridgehead atoms. The van der Waals surface area contributed by atoms with E-state index in [0.29, 0.717) is 0 Å². The first kappa shape index (κ1) is 18.3. The molecule has 7 heteroatoms. The summed E-state index contributed by atoms with van der Waals surface area (Å²) in [6, 6.07) is 0. The van der Waals surface area contributed by atoms with Gasteiger partial charge in [0.1, 0.15) is 0 Å². The molecule has 6 nitrogen and oxygen atoms in total. The molecule has 0 fully saturated rings. The van der Waals surface area contributed by atoms with Gasteiger partial charge in [0, 0.05) is 0 Å². The van der Waals surface area contributed by atoms with E-state index in [-0.39, 0.29) is 19.5 Å². The molecule has 13 heavy (non-hydrogen) atoms. The summed E-state index contributed by atoms with van der Waals surface area (Å²) < 4.78 is 0. The van der Waals surface area contributed by atoms with Crippen LogP contribution in [0.2, 0.25) is 0 Å². The molecule has 72 valence electrons. The Balaban J connectivity index is -0.000000143. The van der Waals surface area contributed by atoms with Crippen LogP contribution in [0.1, 0.15) is 13.8 Å². The van der Waals surface area contributed by atoms with Crippen LogP contribution in [0.25, 0.3) is 0 Å². The fourth-order valence-corrected chi connectivity index (χ4v) is 0. The average Bonchev–Trinajstić information content (AvgIpc) is 1.88. The number of carboxylic acid groups (broad SMARTS) is 2. The molecule has 0 heterocycles. The van der Waals surface area contributed by atoms with Crippen molar-refractivity contribution >= 4 is 11.9 Å². The molecule has 0 rings (SSSR count). The maximum atomic E-state index is 9.34. The number of aliphatic carboxylic acids is 2. The Hall–Kier alpha value is -0.517. The third-order valence-electron chi connectivity index (χ3n) is 0.682. The van der Waals surface area contributed by atoms with Gasteiger partial charge >= 0.3 is 19.5 Å². The van der Waals surface area contributed by atoms with Crippen molar-refractivity contribution in [1.29, 1.82) is 0 Å². The minimum absolute atomic E-state index is 0. The van der Waals surface area contributed by atoms with Gasteiger partial charge in [-0.3, -0.25) is 0 Å². The average molecular weight is 244 g/mol. The molecule has 2 atom stereocenters. The standard InChI is InChI=1S/2C3H6O3.Zn/c2*1-2(4)3(5)6;/h2*2,4H,1H3,(H,5,6);/q;;+2/p-2/t2*2-;/m11./s1. The Morgan fingerprint density at radius 3 is 1.08 bits per heavy atom. The number of aliphatic hydroxyl groups excluding tert-OH is 2. The Bertz CT molecular complexity index is 137. The largest absolute Gasteiger partial charge is 2.00 e. The van der Waals surface area contributed by atoms with Crippen molar-refractivity contribution < 1.29 is 49.5 Å². The molecular weight excluding hydrogens is 233 g/mol. The van der Waals surface area contributed by atoms with Crippen molar-refractivity contribution in [3.05, 3.63) is 0 Å². The van der Waals surface area contributed by atoms with E-state index in [4.69, 9.17) is 10.2 Å². The van der Waals surface area contributed by atoms with Crippen molar-refractivity contribution in [2.45, 2.75) is 26.1 Å². The molecule has 0 unspecified atom stereocenters. The van der Waals surface area contributed by atoms with Crippen LogP contribution in [0.4, 0.5) is 0 Å². The number of carbonyl (C=O) groups is 2. The molecule has 0 aliphatic carbocycles. The quantitative estimate of drug-likeness (QED) is 0.480. The van der Waals surface area contributed by atoms with E-state index in [1.807, 2.05) is 0 Å². The van der Waals surface area contributed by atoms with E-state index in [0.717, 1.165) is 13.8 Å². The normalized spacial score (nSPS) is 12.6. The van der Waals surface area contributed by atoms with E-state index in [1.54, 1.807) is 0 Å². The van der Waals surface area contributed by atoms with Gasteiger partial charge < -0.3 is 30.0 Å². The van der Waals surface area contributed by atoms with Gasteiger partial charge in [0.2, 0.25) is 0 Å². The zero-order valence-corrected chi connectivity index (χ0v) is 10.4. The fraction of sp³-hybridized carbons (Fsp3) is 0.667. The van der Waals surface area contributed by atoms with Crippen LogP contribution in [-0.2, 0) is 29.1 Å². The van der Waals surface area contributed by atoms with Crippen LogP contribution in [0, 0.1) is 0 Å². The SMILES string of the molecule is C[C@@H](O)C(=O)[O-].C[C@@H](O)C(=O)[O-].[Zn+2]. The zero-order valence-electron chi connectivity index (χ0n) is 7.39. The van der Waals surface area contributed by atoms with E-state index in [2.05, 4.69) is 0 Å². The Labute approximate surface area is 88.0 Å². The van der Waals surface area contributed by atoms with Crippen LogP contribution < -0.4 is 10.2 Å². The summed E-state index contributed by atoms with van der Waals surface area (Å²) in [5, 5.41) is 34.6. The molecule has 0 spiro atoms. The van der Waals surface area contributed by atoms with Gasteiger partial charge in [-0.2, -0.15) is 0 Å². The first-order valence-corrected chi connectivity index (χ1v) is 3.06. The van der Waals surface area contributed by atoms with Gasteiger partial charge in [-0.1, -0.05) is 0 Å². The number of carbonyl (C=O) groups excluding carboxylic acids is 2. The third-order valence-corrected chi connectivity index (χ3v) is 0.682. The molecule has 0 radical (unpaired) electrons. The molecule has 0 saturated heterocycles. The van der Waals surface area contributed by atoms with Crippen molar-refractivity contribution in [2.75, 3.05) is 0 Å². The molecule has 0 aromatic rings. The van der Waals surface area contributed by atoms with Crippen LogP contribution >= 0.6 is 0 Å². The predicted octanol–water partition coefficient (Wildman–Crippen LogP) is -3.77. The molecule has 0 amide bonds. The van der Waals surface area contributed by atoms with E-state index < -0.39 is 24.1 Å². The van der Waals surface area contributed by atoms with Gasteiger partial charge in [-0.05, 0) is 13.8 Å². The molecule has 0 aliphatic heterocycles. The summed E-state index contributed by atoms with van der Waals surface area (Å²) in [6.07, 6.45) is -2.69. The Morgan fingerprint density at radius 2 is 1.08 bits per heavy atom. The first-order valence-electron chi connectivity index (χ1n) is 3.06. The summed E-state index contributed by atoms with van der Waals surface area (Å²) >= 11 is 0. The number of aliphatic hydroxyl groups is 2. The summed E-state index contributed by atoms with van der Waals surface area (Å²) in [5.74, 6) is -2.87. The van der Waals surface area contributed by atoms with Gasteiger partial charge in [0.05, 0.1) is 24.1 Å². The molecule has 0 aromatic carbocycles. The smallest absolute Gasteiger partial charge is 0.547 e. The molecular formula is C6H10O6Zn. The number of hydrogen-bond acceptors (Lipinski definition) is 6. The number of rotatable bonds is 2. The van der Waals surface area contributed by atoms with E-state index >= 15 is 0 Å². The van der Waals surface area contributed by atoms with Crippen LogP contribution in [0.3, 0.4) is 0 Å².